The van der Waals surface area contributed by atoms with Crippen molar-refractivity contribution in [2.24, 2.45) is 11.8 Å². The number of Topliss-reactive ketones (excluding diaryl/α,β-unsaturated/α-hetero) is 1. The van der Waals surface area contributed by atoms with Crippen LogP contribution in [-0.4, -0.2) is 24.0 Å². The van der Waals surface area contributed by atoms with Crippen LogP contribution >= 0.6 is 0 Å². The Labute approximate surface area is 132 Å². The SMILES string of the molecule is CCC(=O)O.COc1ccc(CC2CCC(=O)C(C)C2)cc1. The molecular formula is C18H26O4. The molecule has 0 heterocycles. The molecule has 0 aromatic heterocycles. The monoisotopic (exact) mass is 306 g/mol. The van der Waals surface area contributed by atoms with Crippen molar-refractivity contribution in [1.29, 1.82) is 0 Å². The maximum absolute atomic E-state index is 11.5. The van der Waals surface area contributed by atoms with E-state index in [-0.39, 0.29) is 12.3 Å². The van der Waals surface area contributed by atoms with Crippen molar-refractivity contribution in [3.8, 4) is 5.75 Å². The highest BCUT2D eigenvalue weighted by Gasteiger charge is 2.25. The Morgan fingerprint density at radius 2 is 1.91 bits per heavy atom. The van der Waals surface area contributed by atoms with Gasteiger partial charge < -0.3 is 9.84 Å². The van der Waals surface area contributed by atoms with E-state index in [2.05, 4.69) is 19.1 Å². The minimum atomic E-state index is -0.745. The molecule has 0 spiro atoms. The van der Waals surface area contributed by atoms with Crippen LogP contribution in [0.3, 0.4) is 0 Å². The number of benzene rings is 1. The van der Waals surface area contributed by atoms with Crippen LogP contribution in [0, 0.1) is 11.8 Å². The van der Waals surface area contributed by atoms with Gasteiger partial charge in [0.1, 0.15) is 11.5 Å². The molecule has 4 nitrogen and oxygen atoms in total. The molecule has 4 heteroatoms. The molecule has 1 saturated carbocycles. The number of rotatable bonds is 4. The molecule has 1 fully saturated rings. The standard InChI is InChI=1S/C15H20O2.C3H6O2/c1-11-9-13(5-8-15(11)16)10-12-3-6-14(17-2)7-4-12;1-2-3(4)5/h3-4,6-7,11,13H,5,8-10H2,1-2H3;2H2,1H3,(H,4,5). The number of hydrogen-bond acceptors (Lipinski definition) is 3. The van der Waals surface area contributed by atoms with Gasteiger partial charge in [0.25, 0.3) is 0 Å². The first kappa shape index (κ1) is 18.2. The molecule has 2 unspecified atom stereocenters. The van der Waals surface area contributed by atoms with Crippen molar-refractivity contribution in [2.45, 2.75) is 46.0 Å². The predicted molar refractivity (Wildman–Crippen MR) is 86.1 cm³/mol. The summed E-state index contributed by atoms with van der Waals surface area (Å²) in [6.07, 6.45) is 4.17. The van der Waals surface area contributed by atoms with E-state index < -0.39 is 5.97 Å². The van der Waals surface area contributed by atoms with Crippen LogP contribution in [0.4, 0.5) is 0 Å². The van der Waals surface area contributed by atoms with Crippen molar-refractivity contribution in [3.63, 3.8) is 0 Å². The maximum Gasteiger partial charge on any atom is 0.303 e. The third-order valence-corrected chi connectivity index (χ3v) is 4.02. The smallest absolute Gasteiger partial charge is 0.303 e. The molecular weight excluding hydrogens is 280 g/mol. The third-order valence-electron chi connectivity index (χ3n) is 4.02. The van der Waals surface area contributed by atoms with Crippen LogP contribution < -0.4 is 4.74 Å². The average Bonchev–Trinajstić information content (AvgIpc) is 2.52. The van der Waals surface area contributed by atoms with Gasteiger partial charge in [-0.05, 0) is 42.9 Å². The van der Waals surface area contributed by atoms with Crippen LogP contribution in [0.2, 0.25) is 0 Å². The Balaban J connectivity index is 0.000000422. The summed E-state index contributed by atoms with van der Waals surface area (Å²) in [6.45, 7) is 3.66. The lowest BCUT2D eigenvalue weighted by atomic mass is 9.79. The van der Waals surface area contributed by atoms with Gasteiger partial charge in [0.15, 0.2) is 0 Å². The van der Waals surface area contributed by atoms with Gasteiger partial charge in [0, 0.05) is 18.8 Å². The van der Waals surface area contributed by atoms with Gasteiger partial charge in [-0.25, -0.2) is 0 Å². The zero-order chi connectivity index (χ0) is 16.5. The van der Waals surface area contributed by atoms with E-state index in [9.17, 15) is 9.59 Å². The summed E-state index contributed by atoms with van der Waals surface area (Å²) in [6, 6.07) is 8.26. The predicted octanol–water partition coefficient (Wildman–Crippen LogP) is 3.72. The Bertz CT molecular complexity index is 478. The van der Waals surface area contributed by atoms with Crippen LogP contribution in [0.15, 0.2) is 24.3 Å². The normalized spacial score (nSPS) is 20.8. The minimum absolute atomic E-state index is 0.222. The van der Waals surface area contributed by atoms with Gasteiger partial charge in [-0.3, -0.25) is 9.59 Å². The average molecular weight is 306 g/mol. The van der Waals surface area contributed by atoms with E-state index in [1.54, 1.807) is 14.0 Å². The molecule has 0 amide bonds. The van der Waals surface area contributed by atoms with Crippen molar-refractivity contribution in [1.82, 2.24) is 0 Å². The summed E-state index contributed by atoms with van der Waals surface area (Å²) in [7, 11) is 1.68. The minimum Gasteiger partial charge on any atom is -0.497 e. The van der Waals surface area contributed by atoms with E-state index >= 15 is 0 Å². The highest BCUT2D eigenvalue weighted by atomic mass is 16.5. The van der Waals surface area contributed by atoms with Gasteiger partial charge in [-0.2, -0.15) is 0 Å². The van der Waals surface area contributed by atoms with Crippen molar-refractivity contribution >= 4 is 11.8 Å². The molecule has 1 N–H and O–H groups in total. The molecule has 1 aliphatic rings. The molecule has 2 rings (SSSR count). The van der Waals surface area contributed by atoms with Crippen LogP contribution in [0.5, 0.6) is 5.75 Å². The summed E-state index contributed by atoms with van der Waals surface area (Å²) in [5, 5.41) is 7.72. The second kappa shape index (κ2) is 9.23. The summed E-state index contributed by atoms with van der Waals surface area (Å²) in [5.74, 6) is 1.52. The first-order valence-corrected chi connectivity index (χ1v) is 7.83. The Kier molecular flexibility index (Phi) is 7.64. The number of ether oxygens (including phenoxy) is 1. The molecule has 22 heavy (non-hydrogen) atoms. The zero-order valence-corrected chi connectivity index (χ0v) is 13.7. The van der Waals surface area contributed by atoms with Gasteiger partial charge >= 0.3 is 5.97 Å². The first-order chi connectivity index (χ1) is 10.5. The number of ketones is 1. The fraction of sp³-hybridized carbons (Fsp3) is 0.556. The highest BCUT2D eigenvalue weighted by Crippen LogP contribution is 2.29. The first-order valence-electron chi connectivity index (χ1n) is 7.83. The lowest BCUT2D eigenvalue weighted by Gasteiger charge is -2.25. The van der Waals surface area contributed by atoms with Crippen LogP contribution in [0.1, 0.15) is 45.1 Å². The molecule has 1 aromatic carbocycles. The molecule has 0 bridgehead atoms. The number of methoxy groups -OCH3 is 1. The van der Waals surface area contributed by atoms with Gasteiger partial charge in [0.2, 0.25) is 0 Å². The number of carboxylic acid groups (broad SMARTS) is 1. The molecule has 1 aliphatic carbocycles. The fourth-order valence-electron chi connectivity index (χ4n) is 2.62. The molecule has 122 valence electrons. The maximum atomic E-state index is 11.5. The molecule has 1 aromatic rings. The Morgan fingerprint density at radius 3 is 2.36 bits per heavy atom. The molecule has 0 saturated heterocycles. The van der Waals surface area contributed by atoms with E-state index in [1.807, 2.05) is 12.1 Å². The van der Waals surface area contributed by atoms with Crippen LogP contribution in [-0.2, 0) is 16.0 Å². The Morgan fingerprint density at radius 1 is 1.32 bits per heavy atom. The van der Waals surface area contributed by atoms with E-state index in [0.717, 1.165) is 31.4 Å². The largest absolute Gasteiger partial charge is 0.497 e. The second-order valence-corrected chi connectivity index (χ2v) is 5.81. The lowest BCUT2D eigenvalue weighted by molar-refractivity contribution is -0.136. The summed E-state index contributed by atoms with van der Waals surface area (Å²) >= 11 is 0. The van der Waals surface area contributed by atoms with Crippen molar-refractivity contribution in [2.75, 3.05) is 7.11 Å². The van der Waals surface area contributed by atoms with Crippen LogP contribution in [0.25, 0.3) is 0 Å². The molecule has 0 radical (unpaired) electrons. The number of carbonyl (C=O) groups excluding carboxylic acids is 1. The second-order valence-electron chi connectivity index (χ2n) is 5.81. The quantitative estimate of drug-likeness (QED) is 0.920. The van der Waals surface area contributed by atoms with Crippen molar-refractivity contribution in [3.05, 3.63) is 29.8 Å². The van der Waals surface area contributed by atoms with E-state index in [1.165, 1.54) is 5.56 Å². The number of aliphatic carboxylic acids is 1. The zero-order valence-electron chi connectivity index (χ0n) is 13.7. The third kappa shape index (κ3) is 6.29. The summed E-state index contributed by atoms with van der Waals surface area (Å²) in [5.41, 5.74) is 1.34. The summed E-state index contributed by atoms with van der Waals surface area (Å²) < 4.78 is 5.15. The lowest BCUT2D eigenvalue weighted by Crippen LogP contribution is -2.23. The van der Waals surface area contributed by atoms with Gasteiger partial charge in [-0.1, -0.05) is 26.0 Å². The number of carbonyl (C=O) groups is 2. The van der Waals surface area contributed by atoms with E-state index in [4.69, 9.17) is 9.84 Å². The van der Waals surface area contributed by atoms with Gasteiger partial charge in [0.05, 0.1) is 7.11 Å². The van der Waals surface area contributed by atoms with Crippen molar-refractivity contribution < 1.29 is 19.4 Å². The molecule has 2 atom stereocenters. The molecule has 0 aliphatic heterocycles. The van der Waals surface area contributed by atoms with E-state index in [0.29, 0.717) is 11.7 Å². The van der Waals surface area contributed by atoms with Gasteiger partial charge in [-0.15, -0.1) is 0 Å². The number of carboxylic acids is 1. The highest BCUT2D eigenvalue weighted by molar-refractivity contribution is 5.81. The number of hydrogen-bond donors (Lipinski definition) is 1. The summed E-state index contributed by atoms with van der Waals surface area (Å²) in [4.78, 5) is 20.8. The topological polar surface area (TPSA) is 63.6 Å². The Hall–Kier alpha value is -1.84. The fourth-order valence-corrected chi connectivity index (χ4v) is 2.62.